The van der Waals surface area contributed by atoms with Crippen LogP contribution in [0.1, 0.15) is 27.2 Å². The fourth-order valence-corrected chi connectivity index (χ4v) is 1.08. The number of hydrogen-bond acceptors (Lipinski definition) is 2. The first-order valence-electron chi connectivity index (χ1n) is 4.03. The highest BCUT2D eigenvalue weighted by molar-refractivity contribution is 5.64. The molecular formula is C8H18N2O2. The summed E-state index contributed by atoms with van der Waals surface area (Å²) in [5, 5.41) is 10.6. The minimum Gasteiger partial charge on any atom is -0.465 e. The summed E-state index contributed by atoms with van der Waals surface area (Å²) < 4.78 is 0. The molecule has 0 aromatic carbocycles. The molecule has 0 radical (unpaired) electrons. The van der Waals surface area contributed by atoms with Gasteiger partial charge in [0.05, 0.1) is 0 Å². The van der Waals surface area contributed by atoms with Gasteiger partial charge in [-0.3, -0.25) is 0 Å². The van der Waals surface area contributed by atoms with E-state index in [1.165, 1.54) is 0 Å². The first kappa shape index (κ1) is 11.2. The molecule has 4 heteroatoms. The summed E-state index contributed by atoms with van der Waals surface area (Å²) in [6.07, 6.45) is -0.202. The quantitative estimate of drug-likeness (QED) is 0.598. The fourth-order valence-electron chi connectivity index (χ4n) is 1.08. The molecule has 12 heavy (non-hydrogen) atoms. The third-order valence-corrected chi connectivity index (χ3v) is 1.39. The highest BCUT2D eigenvalue weighted by Gasteiger charge is 2.15. The summed E-state index contributed by atoms with van der Waals surface area (Å²) in [6, 6.07) is -0.0962. The van der Waals surface area contributed by atoms with E-state index in [4.69, 9.17) is 10.8 Å². The molecule has 0 heterocycles. The summed E-state index contributed by atoms with van der Waals surface area (Å²) >= 11 is 0. The van der Waals surface area contributed by atoms with Crippen molar-refractivity contribution in [1.29, 1.82) is 0 Å². The van der Waals surface area contributed by atoms with Gasteiger partial charge in [-0.05, 0) is 11.8 Å². The monoisotopic (exact) mass is 174 g/mol. The third kappa shape index (κ3) is 7.34. The molecule has 0 saturated carbocycles. The van der Waals surface area contributed by atoms with Gasteiger partial charge in [0, 0.05) is 12.6 Å². The van der Waals surface area contributed by atoms with Gasteiger partial charge in [-0.15, -0.1) is 0 Å². The lowest BCUT2D eigenvalue weighted by molar-refractivity contribution is 0.192. The Morgan fingerprint density at radius 2 is 2.08 bits per heavy atom. The van der Waals surface area contributed by atoms with Gasteiger partial charge in [0.25, 0.3) is 0 Å². The van der Waals surface area contributed by atoms with Crippen LogP contribution < -0.4 is 11.1 Å². The second-order valence-corrected chi connectivity index (χ2v) is 4.21. The Bertz CT molecular complexity index is 152. The van der Waals surface area contributed by atoms with Gasteiger partial charge in [0.2, 0.25) is 0 Å². The Labute approximate surface area is 73.1 Å². The molecule has 0 unspecified atom stereocenters. The number of hydrogen-bond donors (Lipinski definition) is 3. The maximum Gasteiger partial charge on any atom is 0.404 e. The molecule has 0 spiro atoms. The van der Waals surface area contributed by atoms with Crippen molar-refractivity contribution in [3.05, 3.63) is 0 Å². The van der Waals surface area contributed by atoms with E-state index >= 15 is 0 Å². The first-order chi connectivity index (χ1) is 5.31. The van der Waals surface area contributed by atoms with Gasteiger partial charge >= 0.3 is 6.09 Å². The predicted molar refractivity (Wildman–Crippen MR) is 48.1 cm³/mol. The Balaban J connectivity index is 3.60. The van der Waals surface area contributed by atoms with Crippen molar-refractivity contribution in [2.45, 2.75) is 33.2 Å². The number of carboxylic acid groups (broad SMARTS) is 1. The molecule has 0 aliphatic carbocycles. The van der Waals surface area contributed by atoms with E-state index in [2.05, 4.69) is 26.1 Å². The van der Waals surface area contributed by atoms with Crippen LogP contribution in [0.5, 0.6) is 0 Å². The lowest BCUT2D eigenvalue weighted by Gasteiger charge is -2.22. The Hall–Kier alpha value is -0.770. The largest absolute Gasteiger partial charge is 0.465 e. The molecule has 0 rings (SSSR count). The molecule has 0 bridgehead atoms. The lowest BCUT2D eigenvalue weighted by atomic mass is 9.88. The molecule has 1 amide bonds. The molecule has 4 N–H and O–H groups in total. The zero-order valence-electron chi connectivity index (χ0n) is 7.92. The van der Waals surface area contributed by atoms with E-state index in [1.807, 2.05) is 0 Å². The Kier molecular flexibility index (Phi) is 4.03. The Morgan fingerprint density at radius 3 is 2.42 bits per heavy atom. The average Bonchev–Trinajstić information content (AvgIpc) is 1.79. The summed E-state index contributed by atoms with van der Waals surface area (Å²) in [5.41, 5.74) is 5.83. The van der Waals surface area contributed by atoms with Crippen LogP contribution in [0.3, 0.4) is 0 Å². The van der Waals surface area contributed by atoms with Crippen LogP contribution in [0, 0.1) is 5.41 Å². The molecule has 0 saturated heterocycles. The van der Waals surface area contributed by atoms with Crippen LogP contribution in [0.4, 0.5) is 4.79 Å². The third-order valence-electron chi connectivity index (χ3n) is 1.39. The van der Waals surface area contributed by atoms with E-state index in [-0.39, 0.29) is 11.5 Å². The van der Waals surface area contributed by atoms with Crippen LogP contribution in [-0.4, -0.2) is 23.8 Å². The first-order valence-corrected chi connectivity index (χ1v) is 4.03. The van der Waals surface area contributed by atoms with Gasteiger partial charge in [0.15, 0.2) is 0 Å². The molecule has 0 aromatic heterocycles. The zero-order chi connectivity index (χ0) is 9.78. The van der Waals surface area contributed by atoms with E-state index in [1.54, 1.807) is 0 Å². The molecule has 0 aromatic rings. The van der Waals surface area contributed by atoms with E-state index < -0.39 is 6.09 Å². The topological polar surface area (TPSA) is 75.3 Å². The van der Waals surface area contributed by atoms with Gasteiger partial charge in [-0.2, -0.15) is 0 Å². The van der Waals surface area contributed by atoms with Gasteiger partial charge < -0.3 is 16.2 Å². The summed E-state index contributed by atoms with van der Waals surface area (Å²) in [7, 11) is 0. The van der Waals surface area contributed by atoms with Crippen molar-refractivity contribution < 1.29 is 9.90 Å². The van der Waals surface area contributed by atoms with Crippen LogP contribution in [0.2, 0.25) is 0 Å². The van der Waals surface area contributed by atoms with E-state index in [0.29, 0.717) is 6.54 Å². The van der Waals surface area contributed by atoms with Crippen LogP contribution in [0.25, 0.3) is 0 Å². The van der Waals surface area contributed by atoms with Gasteiger partial charge in [-0.1, -0.05) is 20.8 Å². The summed E-state index contributed by atoms with van der Waals surface area (Å²) in [6.45, 7) is 6.56. The van der Waals surface area contributed by atoms with Crippen molar-refractivity contribution in [3.63, 3.8) is 0 Å². The smallest absolute Gasteiger partial charge is 0.404 e. The van der Waals surface area contributed by atoms with Crippen molar-refractivity contribution >= 4 is 6.09 Å². The lowest BCUT2D eigenvalue weighted by Crippen LogP contribution is -2.38. The van der Waals surface area contributed by atoms with Gasteiger partial charge in [0.1, 0.15) is 0 Å². The van der Waals surface area contributed by atoms with Gasteiger partial charge in [-0.25, -0.2) is 4.79 Å². The van der Waals surface area contributed by atoms with Crippen molar-refractivity contribution in [3.8, 4) is 0 Å². The van der Waals surface area contributed by atoms with Crippen LogP contribution >= 0.6 is 0 Å². The van der Waals surface area contributed by atoms with Crippen LogP contribution in [0.15, 0.2) is 0 Å². The normalized spacial score (nSPS) is 14.0. The maximum atomic E-state index is 10.1. The number of nitrogens with two attached hydrogens (primary N) is 1. The van der Waals surface area contributed by atoms with Crippen molar-refractivity contribution in [1.82, 2.24) is 5.32 Å². The number of carbonyl (C=O) groups is 1. The predicted octanol–water partition coefficient (Wildman–Crippen LogP) is 1.02. The minimum absolute atomic E-state index is 0.0962. The highest BCUT2D eigenvalue weighted by atomic mass is 16.4. The molecular weight excluding hydrogens is 156 g/mol. The molecule has 0 aliphatic rings. The van der Waals surface area contributed by atoms with Crippen molar-refractivity contribution in [2.24, 2.45) is 11.1 Å². The van der Waals surface area contributed by atoms with E-state index in [9.17, 15) is 4.79 Å². The second-order valence-electron chi connectivity index (χ2n) is 4.21. The SMILES string of the molecule is CC(C)(C)C[C@@H](N)CNC(=O)O. The Morgan fingerprint density at radius 1 is 1.58 bits per heavy atom. The molecule has 4 nitrogen and oxygen atoms in total. The zero-order valence-corrected chi connectivity index (χ0v) is 7.92. The second kappa shape index (κ2) is 4.30. The fraction of sp³-hybridized carbons (Fsp3) is 0.875. The average molecular weight is 174 g/mol. The summed E-state index contributed by atoms with van der Waals surface area (Å²) in [4.78, 5) is 10.1. The number of amides is 1. The standard InChI is InChI=1S/C8H18N2O2/c1-8(2,3)4-6(9)5-10-7(11)12/h6,10H,4-5,9H2,1-3H3,(H,11,12)/t6-/m1/s1. The minimum atomic E-state index is -1.01. The van der Waals surface area contributed by atoms with Crippen molar-refractivity contribution in [2.75, 3.05) is 6.54 Å². The number of nitrogens with one attached hydrogen (secondary N) is 1. The molecule has 72 valence electrons. The van der Waals surface area contributed by atoms with Crippen LogP contribution in [-0.2, 0) is 0 Å². The summed E-state index contributed by atoms with van der Waals surface area (Å²) in [5.74, 6) is 0. The highest BCUT2D eigenvalue weighted by Crippen LogP contribution is 2.19. The van der Waals surface area contributed by atoms with E-state index in [0.717, 1.165) is 6.42 Å². The molecule has 1 atom stereocenters. The molecule has 0 aliphatic heterocycles. The maximum absolute atomic E-state index is 10.1. The molecule has 0 fully saturated rings. The number of rotatable bonds is 3.